The van der Waals surface area contributed by atoms with E-state index in [0.29, 0.717) is 46.0 Å². The molecule has 0 saturated carbocycles. The molecular weight excluding hydrogens is 635 g/mol. The molecule has 1 unspecified atom stereocenters. The van der Waals surface area contributed by atoms with Crippen LogP contribution in [0.1, 0.15) is 64.7 Å². The number of nitrogens with one attached hydrogen (secondary N) is 2. The van der Waals surface area contributed by atoms with Gasteiger partial charge in [-0.05, 0) is 58.9 Å². The summed E-state index contributed by atoms with van der Waals surface area (Å²) in [5, 5.41) is 11.5. The Bertz CT molecular complexity index is 1860. The number of nitrogens with zero attached hydrogens (tertiary/aromatic N) is 5. The lowest BCUT2D eigenvalue weighted by Gasteiger charge is -2.46. The molecule has 0 aliphatic carbocycles. The third kappa shape index (κ3) is 6.39. The average molecular weight is 668 g/mol. The van der Waals surface area contributed by atoms with Crippen molar-refractivity contribution in [3.8, 4) is 23.0 Å². The van der Waals surface area contributed by atoms with Gasteiger partial charge in [0, 0.05) is 47.0 Å². The van der Waals surface area contributed by atoms with Gasteiger partial charge >= 0.3 is 6.18 Å². The molecule has 246 valence electrons. The van der Waals surface area contributed by atoms with Gasteiger partial charge in [-0.15, -0.1) is 10.2 Å². The van der Waals surface area contributed by atoms with Crippen LogP contribution in [0, 0.1) is 12.3 Å². The zero-order valence-electron chi connectivity index (χ0n) is 26.4. The molecule has 4 aromatic rings. The Morgan fingerprint density at radius 2 is 1.60 bits per heavy atom. The van der Waals surface area contributed by atoms with E-state index in [1.165, 1.54) is 0 Å². The molecule has 3 amide bonds. The van der Waals surface area contributed by atoms with E-state index in [9.17, 15) is 27.6 Å². The van der Waals surface area contributed by atoms with E-state index < -0.39 is 35.4 Å². The Morgan fingerprint density at radius 3 is 2.23 bits per heavy atom. The second-order valence-electron chi connectivity index (χ2n) is 11.8. The standard InChI is InChI=1S/C32H32F3N7O4S/c1-7-42(6)27(44)19-11-9-18(10-12-19)22-15-14-21-25(38-22)46-24-20(13-8-17(2)37-24)31(21,5)30(3,4)28(45)39-29-41-40-26(47-29)23(43)36-16-32(33,34)35/h8-15H,7,16H2,1-6H3,(H,36,43)(H,39,41,45). The smallest absolute Gasteiger partial charge is 0.405 e. The highest BCUT2D eigenvalue weighted by atomic mass is 32.1. The topological polar surface area (TPSA) is 139 Å². The van der Waals surface area contributed by atoms with E-state index >= 15 is 0 Å². The lowest BCUT2D eigenvalue weighted by Crippen LogP contribution is -2.50. The van der Waals surface area contributed by atoms with Crippen LogP contribution >= 0.6 is 11.3 Å². The summed E-state index contributed by atoms with van der Waals surface area (Å²) in [6.45, 7) is 8.11. The van der Waals surface area contributed by atoms with Crippen molar-refractivity contribution in [2.45, 2.75) is 46.2 Å². The van der Waals surface area contributed by atoms with Crippen LogP contribution in [0.5, 0.6) is 11.8 Å². The Balaban J connectivity index is 1.47. The van der Waals surface area contributed by atoms with Crippen LogP contribution in [0.3, 0.4) is 0 Å². The van der Waals surface area contributed by atoms with Gasteiger partial charge in [-0.1, -0.05) is 35.6 Å². The molecule has 2 N–H and O–H groups in total. The molecular formula is C32H32F3N7O4S. The molecule has 3 aromatic heterocycles. The molecule has 47 heavy (non-hydrogen) atoms. The lowest BCUT2D eigenvalue weighted by molar-refractivity contribution is -0.126. The van der Waals surface area contributed by atoms with Gasteiger partial charge in [0.25, 0.3) is 11.8 Å². The first-order chi connectivity index (χ1) is 22.0. The molecule has 1 aliphatic rings. The highest BCUT2D eigenvalue weighted by molar-refractivity contribution is 7.17. The number of rotatable bonds is 8. The number of anilines is 1. The summed E-state index contributed by atoms with van der Waals surface area (Å²) in [4.78, 5) is 49.7. The molecule has 1 atom stereocenters. The van der Waals surface area contributed by atoms with Gasteiger partial charge in [0.05, 0.1) is 11.1 Å². The second-order valence-corrected chi connectivity index (χ2v) is 12.7. The largest absolute Gasteiger partial charge is 0.420 e. The summed E-state index contributed by atoms with van der Waals surface area (Å²) >= 11 is 0.653. The van der Waals surface area contributed by atoms with Gasteiger partial charge < -0.3 is 20.3 Å². The number of pyridine rings is 2. The summed E-state index contributed by atoms with van der Waals surface area (Å²) < 4.78 is 43.8. The zero-order valence-corrected chi connectivity index (χ0v) is 27.3. The number of halogens is 3. The molecule has 15 heteroatoms. The molecule has 5 rings (SSSR count). The Morgan fingerprint density at radius 1 is 0.957 bits per heavy atom. The number of aromatic nitrogens is 4. The van der Waals surface area contributed by atoms with Gasteiger partial charge in [-0.25, -0.2) is 9.97 Å². The molecule has 1 aromatic carbocycles. The molecule has 4 heterocycles. The molecule has 0 spiro atoms. The Labute approximate surface area is 272 Å². The van der Waals surface area contributed by atoms with Gasteiger partial charge in [0.1, 0.15) is 6.54 Å². The van der Waals surface area contributed by atoms with Crippen LogP contribution < -0.4 is 15.4 Å². The van der Waals surface area contributed by atoms with E-state index in [1.54, 1.807) is 55.4 Å². The van der Waals surface area contributed by atoms with E-state index in [-0.39, 0.29) is 27.8 Å². The first-order valence-electron chi connectivity index (χ1n) is 14.6. The fourth-order valence-corrected chi connectivity index (χ4v) is 5.87. The second kappa shape index (κ2) is 12.4. The fraction of sp³-hybridized carbons (Fsp3) is 0.344. The van der Waals surface area contributed by atoms with Crippen LogP contribution in [0.4, 0.5) is 18.3 Å². The average Bonchev–Trinajstić information content (AvgIpc) is 3.50. The van der Waals surface area contributed by atoms with Crippen LogP contribution in [0.15, 0.2) is 48.5 Å². The number of ether oxygens (including phenoxy) is 1. The zero-order chi connectivity index (χ0) is 34.3. The van der Waals surface area contributed by atoms with Crippen molar-refractivity contribution in [2.75, 3.05) is 25.5 Å². The number of alkyl halides is 3. The number of benzene rings is 1. The SMILES string of the molecule is CCN(C)C(=O)c1ccc(-c2ccc3c(n2)Oc2nc(C)ccc2C3(C)C(C)(C)C(=O)Nc2nnc(C(=O)NCC(F)(F)F)s2)cc1. The highest BCUT2D eigenvalue weighted by Crippen LogP contribution is 2.56. The van der Waals surface area contributed by atoms with Crippen molar-refractivity contribution >= 4 is 34.2 Å². The highest BCUT2D eigenvalue weighted by Gasteiger charge is 2.54. The summed E-state index contributed by atoms with van der Waals surface area (Å²) in [6, 6.07) is 14.4. The maximum absolute atomic E-state index is 14.0. The molecule has 0 bridgehead atoms. The van der Waals surface area contributed by atoms with E-state index in [2.05, 4.69) is 20.5 Å². The van der Waals surface area contributed by atoms with Crippen LogP contribution in [0.2, 0.25) is 0 Å². The minimum atomic E-state index is -4.59. The summed E-state index contributed by atoms with van der Waals surface area (Å²) in [5.41, 5.74) is 1.51. The van der Waals surface area contributed by atoms with Crippen molar-refractivity contribution in [3.63, 3.8) is 0 Å². The number of fused-ring (bicyclic) bond motifs is 2. The van der Waals surface area contributed by atoms with Gasteiger partial charge in [0.15, 0.2) is 0 Å². The summed E-state index contributed by atoms with van der Waals surface area (Å²) in [5.74, 6) is -1.11. The molecule has 0 fully saturated rings. The van der Waals surface area contributed by atoms with Crippen molar-refractivity contribution in [2.24, 2.45) is 5.41 Å². The number of hydrogen-bond donors (Lipinski definition) is 2. The number of amides is 3. The maximum atomic E-state index is 14.0. The molecule has 0 saturated heterocycles. The van der Waals surface area contributed by atoms with Gasteiger partial charge in [0.2, 0.25) is 27.8 Å². The first-order valence-corrected chi connectivity index (χ1v) is 15.4. The van der Waals surface area contributed by atoms with Crippen LogP contribution in [-0.2, 0) is 10.2 Å². The Hall–Kier alpha value is -4.92. The Kier molecular flexibility index (Phi) is 8.79. The monoisotopic (exact) mass is 667 g/mol. The number of aryl methyl sites for hydroxylation is 1. The van der Waals surface area contributed by atoms with E-state index in [0.717, 1.165) is 5.56 Å². The minimum absolute atomic E-state index is 0.0566. The number of hydrogen-bond acceptors (Lipinski definition) is 9. The fourth-order valence-electron chi connectivity index (χ4n) is 5.21. The van der Waals surface area contributed by atoms with Crippen molar-refractivity contribution in [1.29, 1.82) is 0 Å². The minimum Gasteiger partial charge on any atom is -0.420 e. The predicted octanol–water partition coefficient (Wildman–Crippen LogP) is 5.76. The third-order valence-electron chi connectivity index (χ3n) is 8.49. The van der Waals surface area contributed by atoms with Crippen LogP contribution in [0.25, 0.3) is 11.3 Å². The third-order valence-corrected chi connectivity index (χ3v) is 9.32. The quantitative estimate of drug-likeness (QED) is 0.242. The van der Waals surface area contributed by atoms with Crippen molar-refractivity contribution in [3.05, 3.63) is 75.9 Å². The number of carbonyl (C=O) groups excluding carboxylic acids is 3. The normalized spacial score (nSPS) is 15.6. The summed E-state index contributed by atoms with van der Waals surface area (Å²) in [7, 11) is 1.73. The summed E-state index contributed by atoms with van der Waals surface area (Å²) in [6.07, 6.45) is -4.59. The molecule has 1 aliphatic heterocycles. The lowest BCUT2D eigenvalue weighted by atomic mass is 9.58. The molecule has 11 nitrogen and oxygen atoms in total. The number of carbonyl (C=O) groups is 3. The van der Waals surface area contributed by atoms with Crippen LogP contribution in [-0.4, -0.2) is 69.1 Å². The maximum Gasteiger partial charge on any atom is 0.405 e. The van der Waals surface area contributed by atoms with Crippen molar-refractivity contribution in [1.82, 2.24) is 30.4 Å². The molecule has 0 radical (unpaired) electrons. The first kappa shape index (κ1) is 33.4. The van der Waals surface area contributed by atoms with E-state index in [1.807, 2.05) is 45.0 Å². The predicted molar refractivity (Wildman–Crippen MR) is 169 cm³/mol. The van der Waals surface area contributed by atoms with Crippen molar-refractivity contribution < 1.29 is 32.3 Å². The van der Waals surface area contributed by atoms with Gasteiger partial charge in [-0.3, -0.25) is 14.4 Å². The van der Waals surface area contributed by atoms with Gasteiger partial charge in [-0.2, -0.15) is 13.2 Å². The van der Waals surface area contributed by atoms with E-state index in [4.69, 9.17) is 9.72 Å².